The molecule has 5 rings (SSSR count). The van der Waals surface area contributed by atoms with Crippen LogP contribution in [0.4, 0.5) is 0 Å². The highest BCUT2D eigenvalue weighted by atomic mass is 16.5. The van der Waals surface area contributed by atoms with E-state index in [1.54, 1.807) is 0 Å². The van der Waals surface area contributed by atoms with E-state index in [-0.39, 0.29) is 11.7 Å². The largest absolute Gasteiger partial charge is 0.374 e. The Hall–Kier alpha value is -1.38. The zero-order valence-corrected chi connectivity index (χ0v) is 12.9. The van der Waals surface area contributed by atoms with Crippen LogP contribution < -0.4 is 0 Å². The van der Waals surface area contributed by atoms with Gasteiger partial charge in [-0.2, -0.15) is 0 Å². The van der Waals surface area contributed by atoms with Gasteiger partial charge in [-0.3, -0.25) is 0 Å². The highest BCUT2D eigenvalue weighted by molar-refractivity contribution is 5.86. The van der Waals surface area contributed by atoms with Gasteiger partial charge in [0.2, 0.25) is 0 Å². The predicted octanol–water partition coefficient (Wildman–Crippen LogP) is 4.63. The Morgan fingerprint density at radius 1 is 0.955 bits per heavy atom. The van der Waals surface area contributed by atoms with Gasteiger partial charge < -0.3 is 9.47 Å². The molecule has 0 amide bonds. The van der Waals surface area contributed by atoms with Crippen LogP contribution in [0.15, 0.2) is 42.5 Å². The Morgan fingerprint density at radius 2 is 1.86 bits per heavy atom. The van der Waals surface area contributed by atoms with Crippen LogP contribution in [-0.4, -0.2) is 18.8 Å². The third-order valence-corrected chi connectivity index (χ3v) is 6.41. The van der Waals surface area contributed by atoms with Crippen molar-refractivity contribution in [2.45, 2.75) is 43.8 Å². The molecule has 2 heterocycles. The number of fused-ring (bicyclic) bond motifs is 1. The Kier molecular flexibility index (Phi) is 2.71. The van der Waals surface area contributed by atoms with E-state index in [0.717, 1.165) is 19.6 Å². The van der Waals surface area contributed by atoms with Crippen LogP contribution in [0, 0.1) is 5.41 Å². The molecule has 114 valence electrons. The molecular formula is C20H22O2. The molecule has 3 fully saturated rings. The highest BCUT2D eigenvalue weighted by Gasteiger charge is 2.62. The minimum absolute atomic E-state index is 0.0901. The molecule has 2 aromatic rings. The summed E-state index contributed by atoms with van der Waals surface area (Å²) in [4.78, 5) is 0. The van der Waals surface area contributed by atoms with Crippen LogP contribution in [0.2, 0.25) is 0 Å². The second-order valence-corrected chi connectivity index (χ2v) is 7.30. The highest BCUT2D eigenvalue weighted by Crippen LogP contribution is 2.61. The zero-order chi connectivity index (χ0) is 14.6. The first-order chi connectivity index (χ1) is 10.8. The molecule has 0 aromatic heterocycles. The van der Waals surface area contributed by atoms with Gasteiger partial charge in [0.05, 0.1) is 18.3 Å². The van der Waals surface area contributed by atoms with Gasteiger partial charge in [-0.1, -0.05) is 42.5 Å². The van der Waals surface area contributed by atoms with Gasteiger partial charge in [-0.25, -0.2) is 0 Å². The van der Waals surface area contributed by atoms with Crippen LogP contribution in [0.25, 0.3) is 10.8 Å². The summed E-state index contributed by atoms with van der Waals surface area (Å²) in [6, 6.07) is 15.2. The smallest absolute Gasteiger partial charge is 0.0858 e. The van der Waals surface area contributed by atoms with Crippen LogP contribution in [-0.2, 0) is 9.47 Å². The molecule has 2 saturated heterocycles. The van der Waals surface area contributed by atoms with E-state index in [9.17, 15) is 0 Å². The number of hydrogen-bond donors (Lipinski definition) is 0. The molecule has 0 N–H and O–H groups in total. The minimum atomic E-state index is 0.0901. The lowest BCUT2D eigenvalue weighted by Crippen LogP contribution is -2.49. The third kappa shape index (κ3) is 1.63. The first-order valence-electron chi connectivity index (χ1n) is 8.55. The molecule has 1 saturated carbocycles. The summed E-state index contributed by atoms with van der Waals surface area (Å²) in [5.74, 6) is 0. The van der Waals surface area contributed by atoms with Gasteiger partial charge in [0.25, 0.3) is 0 Å². The standard InChI is InChI=1S/C20H22O2/c1-2-7-16-15(5-1)6-3-8-17(16)18-13-20-10-4-9-19(20,14-21-18)11-12-22-20/h1-3,5-8,18H,4,9-14H2/t18-,19-,20+/m1/s1. The SMILES string of the molecule is c1ccc2c([C@H]3C[C@@]45CCC[C@@]4(CCO5)CO3)cccc2c1. The Morgan fingerprint density at radius 3 is 2.86 bits per heavy atom. The quantitative estimate of drug-likeness (QED) is 0.763. The van der Waals surface area contributed by atoms with E-state index in [2.05, 4.69) is 42.5 Å². The number of rotatable bonds is 1. The van der Waals surface area contributed by atoms with Crippen molar-refractivity contribution >= 4 is 10.8 Å². The summed E-state index contributed by atoms with van der Waals surface area (Å²) in [5.41, 5.74) is 1.74. The fourth-order valence-corrected chi connectivity index (χ4v) is 5.23. The zero-order valence-electron chi connectivity index (χ0n) is 12.9. The van der Waals surface area contributed by atoms with E-state index < -0.39 is 0 Å². The van der Waals surface area contributed by atoms with Crippen LogP contribution in [0.1, 0.15) is 43.8 Å². The fourth-order valence-electron chi connectivity index (χ4n) is 5.23. The van der Waals surface area contributed by atoms with Crippen molar-refractivity contribution in [3.8, 4) is 0 Å². The number of benzene rings is 2. The fraction of sp³-hybridized carbons (Fsp3) is 0.500. The Bertz CT molecular complexity index is 705. The van der Waals surface area contributed by atoms with Gasteiger partial charge in [0.15, 0.2) is 0 Å². The second-order valence-electron chi connectivity index (χ2n) is 7.30. The lowest BCUT2D eigenvalue weighted by molar-refractivity contribution is -0.163. The van der Waals surface area contributed by atoms with Gasteiger partial charge in [0, 0.05) is 18.4 Å². The average molecular weight is 294 g/mol. The monoisotopic (exact) mass is 294 g/mol. The van der Waals surface area contributed by atoms with E-state index >= 15 is 0 Å². The molecule has 3 atom stereocenters. The van der Waals surface area contributed by atoms with Crippen molar-refractivity contribution in [1.82, 2.24) is 0 Å². The summed E-state index contributed by atoms with van der Waals surface area (Å²) in [5, 5.41) is 2.63. The molecule has 2 heteroatoms. The maximum Gasteiger partial charge on any atom is 0.0858 e. The number of ether oxygens (including phenoxy) is 2. The van der Waals surface area contributed by atoms with E-state index in [1.807, 2.05) is 0 Å². The number of hydrogen-bond acceptors (Lipinski definition) is 2. The first-order valence-corrected chi connectivity index (χ1v) is 8.55. The molecule has 3 aliphatic rings. The van der Waals surface area contributed by atoms with Crippen molar-refractivity contribution in [3.63, 3.8) is 0 Å². The second kappa shape index (κ2) is 4.56. The minimum Gasteiger partial charge on any atom is -0.374 e. The van der Waals surface area contributed by atoms with Gasteiger partial charge in [-0.15, -0.1) is 0 Å². The summed E-state index contributed by atoms with van der Waals surface area (Å²) in [6.45, 7) is 1.80. The van der Waals surface area contributed by atoms with Crippen molar-refractivity contribution in [1.29, 1.82) is 0 Å². The Labute approximate surface area is 131 Å². The summed E-state index contributed by atoms with van der Waals surface area (Å²) in [6.07, 6.45) is 6.20. The van der Waals surface area contributed by atoms with Crippen molar-refractivity contribution < 1.29 is 9.47 Å². The maximum absolute atomic E-state index is 6.41. The van der Waals surface area contributed by atoms with Gasteiger partial charge in [-0.05, 0) is 42.0 Å². The van der Waals surface area contributed by atoms with Crippen LogP contribution in [0.5, 0.6) is 0 Å². The first kappa shape index (κ1) is 13.1. The van der Waals surface area contributed by atoms with Crippen LogP contribution >= 0.6 is 0 Å². The lowest BCUT2D eigenvalue weighted by atomic mass is 9.69. The van der Waals surface area contributed by atoms with Gasteiger partial charge >= 0.3 is 0 Å². The molecule has 0 spiro atoms. The molecule has 1 aliphatic carbocycles. The summed E-state index contributed by atoms with van der Waals surface area (Å²) >= 11 is 0. The maximum atomic E-state index is 6.41. The molecule has 0 radical (unpaired) electrons. The molecule has 22 heavy (non-hydrogen) atoms. The Balaban J connectivity index is 1.57. The molecule has 2 aromatic carbocycles. The average Bonchev–Trinajstić information content (AvgIpc) is 3.09. The summed E-state index contributed by atoms with van der Waals surface area (Å²) in [7, 11) is 0. The molecule has 0 unspecified atom stereocenters. The normalized spacial score (nSPS) is 37.2. The van der Waals surface area contributed by atoms with Crippen molar-refractivity contribution in [2.24, 2.45) is 5.41 Å². The van der Waals surface area contributed by atoms with E-state index in [0.29, 0.717) is 5.41 Å². The molecule has 2 nitrogen and oxygen atoms in total. The third-order valence-electron chi connectivity index (χ3n) is 6.41. The van der Waals surface area contributed by atoms with Gasteiger partial charge in [0.1, 0.15) is 0 Å². The molecule has 2 aliphatic heterocycles. The molecule has 0 bridgehead atoms. The predicted molar refractivity (Wildman–Crippen MR) is 86.8 cm³/mol. The van der Waals surface area contributed by atoms with E-state index in [1.165, 1.54) is 42.0 Å². The molecular weight excluding hydrogens is 272 g/mol. The summed E-state index contributed by atoms with van der Waals surface area (Å²) < 4.78 is 12.7. The van der Waals surface area contributed by atoms with Crippen molar-refractivity contribution in [2.75, 3.05) is 13.2 Å². The van der Waals surface area contributed by atoms with E-state index in [4.69, 9.17) is 9.47 Å². The van der Waals surface area contributed by atoms with Crippen molar-refractivity contribution in [3.05, 3.63) is 48.0 Å². The van der Waals surface area contributed by atoms with Crippen LogP contribution in [0.3, 0.4) is 0 Å². The topological polar surface area (TPSA) is 18.5 Å². The lowest BCUT2D eigenvalue weighted by Gasteiger charge is -2.46.